The Labute approximate surface area is 264 Å². The number of hydrogen-bond donors (Lipinski definition) is 2. The molecule has 2 aromatic rings. The standard InChI is InChI=1S/C30H32F16N2/c1-7-15-9-17(11-19(13(3)4)21(15)47)23(31,32)25(35,36)27(39,40)29(43,44)30(45,46)28(41,42)26(37,38)24(33,34)18-10-16(8-2)22(48)20(12-18)14(5)6/h9-14H,7-8,47-48H2,1-6H3. The van der Waals surface area contributed by atoms with Crippen LogP contribution in [0.25, 0.3) is 0 Å². The van der Waals surface area contributed by atoms with Crippen LogP contribution in [-0.4, -0.2) is 35.5 Å². The van der Waals surface area contributed by atoms with E-state index in [1.807, 2.05) is 0 Å². The third kappa shape index (κ3) is 5.61. The zero-order valence-corrected chi connectivity index (χ0v) is 26.1. The van der Waals surface area contributed by atoms with Crippen molar-refractivity contribution >= 4 is 11.4 Å². The van der Waals surface area contributed by atoms with E-state index in [0.29, 0.717) is 0 Å². The van der Waals surface area contributed by atoms with Gasteiger partial charge in [-0.15, -0.1) is 0 Å². The van der Waals surface area contributed by atoms with Crippen LogP contribution in [0.2, 0.25) is 0 Å². The smallest absolute Gasteiger partial charge is 0.385 e. The second-order valence-electron chi connectivity index (χ2n) is 11.9. The molecule has 0 radical (unpaired) electrons. The molecule has 0 saturated carbocycles. The first-order valence-electron chi connectivity index (χ1n) is 14.2. The summed E-state index contributed by atoms with van der Waals surface area (Å²) in [6.07, 6.45) is -0.679. The Bertz CT molecular complexity index is 1380. The Kier molecular flexibility index (Phi) is 10.6. The molecule has 0 bridgehead atoms. The van der Waals surface area contributed by atoms with E-state index in [-0.39, 0.29) is 48.5 Å². The van der Waals surface area contributed by atoms with Gasteiger partial charge in [-0.25, -0.2) is 0 Å². The van der Waals surface area contributed by atoms with E-state index in [1.54, 1.807) is 0 Å². The number of nitrogen functional groups attached to an aromatic ring is 2. The Morgan fingerprint density at radius 2 is 0.667 bits per heavy atom. The number of nitrogens with two attached hydrogens (primary N) is 2. The molecule has 2 aromatic carbocycles. The topological polar surface area (TPSA) is 52.0 Å². The quantitative estimate of drug-likeness (QED) is 0.160. The molecule has 18 heteroatoms. The van der Waals surface area contributed by atoms with Crippen LogP contribution in [-0.2, 0) is 24.7 Å². The van der Waals surface area contributed by atoms with Gasteiger partial charge in [0.15, 0.2) is 0 Å². The summed E-state index contributed by atoms with van der Waals surface area (Å²) >= 11 is 0. The van der Waals surface area contributed by atoms with Crippen molar-refractivity contribution in [1.82, 2.24) is 0 Å². The van der Waals surface area contributed by atoms with Crippen LogP contribution < -0.4 is 11.5 Å². The summed E-state index contributed by atoms with van der Waals surface area (Å²) in [5.74, 6) is -64.1. The van der Waals surface area contributed by atoms with E-state index in [2.05, 4.69) is 0 Å². The van der Waals surface area contributed by atoms with Crippen LogP contribution in [0.5, 0.6) is 0 Å². The lowest BCUT2D eigenvalue weighted by Gasteiger charge is -2.44. The zero-order chi connectivity index (χ0) is 38.0. The van der Waals surface area contributed by atoms with Gasteiger partial charge in [-0.2, -0.15) is 70.2 Å². The SMILES string of the molecule is CCc1cc(C(F)(F)C(F)(F)C(F)(F)C(F)(F)C(F)(F)C(F)(F)C(F)(F)C(F)(F)c2cc(CC)c(N)c(C(C)C)c2)cc(C(C)C)c1N. The van der Waals surface area contributed by atoms with E-state index in [0.717, 1.165) is 0 Å². The Balaban J connectivity index is 2.80. The number of anilines is 2. The molecule has 48 heavy (non-hydrogen) atoms. The van der Waals surface area contributed by atoms with Gasteiger partial charge in [0.2, 0.25) is 0 Å². The van der Waals surface area contributed by atoms with Crippen molar-refractivity contribution in [3.8, 4) is 0 Å². The number of halogens is 16. The first kappa shape index (κ1) is 41.1. The number of aryl methyl sites for hydroxylation is 2. The Morgan fingerprint density at radius 1 is 0.438 bits per heavy atom. The van der Waals surface area contributed by atoms with E-state index < -0.39 is 92.6 Å². The predicted octanol–water partition coefficient (Wildman–Crippen LogP) is 10.9. The van der Waals surface area contributed by atoms with Crippen molar-refractivity contribution in [1.29, 1.82) is 0 Å². The van der Waals surface area contributed by atoms with Gasteiger partial charge in [-0.3, -0.25) is 0 Å². The van der Waals surface area contributed by atoms with Crippen molar-refractivity contribution in [2.45, 2.75) is 114 Å². The third-order valence-electron chi connectivity index (χ3n) is 8.09. The van der Waals surface area contributed by atoms with Crippen molar-refractivity contribution in [2.75, 3.05) is 11.5 Å². The second kappa shape index (κ2) is 12.4. The van der Waals surface area contributed by atoms with Crippen molar-refractivity contribution in [3.05, 3.63) is 57.6 Å². The van der Waals surface area contributed by atoms with E-state index in [1.165, 1.54) is 41.5 Å². The summed E-state index contributed by atoms with van der Waals surface area (Å²) in [5.41, 5.74) is 4.76. The Morgan fingerprint density at radius 3 is 0.875 bits per heavy atom. The average Bonchev–Trinajstić information content (AvgIpc) is 2.95. The molecule has 0 spiro atoms. The van der Waals surface area contributed by atoms with Crippen LogP contribution in [0.15, 0.2) is 24.3 Å². The minimum absolute atomic E-state index is 0.0490. The van der Waals surface area contributed by atoms with Crippen LogP contribution in [0, 0.1) is 0 Å². The molecule has 0 amide bonds. The summed E-state index contributed by atoms with van der Waals surface area (Å²) < 4.78 is 237. The fourth-order valence-electron chi connectivity index (χ4n) is 4.92. The van der Waals surface area contributed by atoms with Crippen LogP contribution in [0.1, 0.15) is 86.8 Å². The number of rotatable bonds is 13. The third-order valence-corrected chi connectivity index (χ3v) is 8.09. The highest BCUT2D eigenvalue weighted by molar-refractivity contribution is 5.59. The zero-order valence-electron chi connectivity index (χ0n) is 26.1. The molecule has 0 aliphatic rings. The highest BCUT2D eigenvalue weighted by Gasteiger charge is 2.95. The van der Waals surface area contributed by atoms with Crippen LogP contribution in [0.4, 0.5) is 81.6 Å². The summed E-state index contributed by atoms with van der Waals surface area (Å²) in [6, 6.07) is 0.220. The van der Waals surface area contributed by atoms with Gasteiger partial charge in [0.25, 0.3) is 0 Å². The van der Waals surface area contributed by atoms with Gasteiger partial charge >= 0.3 is 47.4 Å². The number of alkyl halides is 16. The molecule has 274 valence electrons. The van der Waals surface area contributed by atoms with E-state index >= 15 is 17.6 Å². The lowest BCUT2D eigenvalue weighted by molar-refractivity contribution is -0.456. The molecule has 0 aliphatic heterocycles. The van der Waals surface area contributed by atoms with Gasteiger partial charge in [-0.05, 0) is 71.2 Å². The maximum atomic E-state index is 15.1. The van der Waals surface area contributed by atoms with Gasteiger partial charge < -0.3 is 11.5 Å². The molecular formula is C30H32F16N2. The maximum absolute atomic E-state index is 15.1. The van der Waals surface area contributed by atoms with Gasteiger partial charge in [-0.1, -0.05) is 41.5 Å². The highest BCUT2D eigenvalue weighted by atomic mass is 19.4. The van der Waals surface area contributed by atoms with Crippen LogP contribution in [0.3, 0.4) is 0 Å². The minimum atomic E-state index is -8.53. The average molecular weight is 725 g/mol. The normalized spacial score (nSPS) is 14.8. The maximum Gasteiger partial charge on any atom is 0.385 e. The Hall–Kier alpha value is -3.08. The largest absolute Gasteiger partial charge is 0.398 e. The van der Waals surface area contributed by atoms with Crippen molar-refractivity contribution in [3.63, 3.8) is 0 Å². The van der Waals surface area contributed by atoms with Gasteiger partial charge in [0.1, 0.15) is 0 Å². The molecule has 4 N–H and O–H groups in total. The molecule has 2 rings (SSSR count). The molecule has 0 aromatic heterocycles. The predicted molar refractivity (Wildman–Crippen MR) is 146 cm³/mol. The molecule has 0 atom stereocenters. The molecular weight excluding hydrogens is 692 g/mol. The summed E-state index contributed by atoms with van der Waals surface area (Å²) in [4.78, 5) is 0. The summed E-state index contributed by atoms with van der Waals surface area (Å²) in [5, 5.41) is 0. The van der Waals surface area contributed by atoms with Crippen molar-refractivity contribution < 1.29 is 70.2 Å². The first-order chi connectivity index (χ1) is 21.3. The molecule has 0 heterocycles. The lowest BCUT2D eigenvalue weighted by atomic mass is 9.83. The van der Waals surface area contributed by atoms with E-state index in [4.69, 9.17) is 11.5 Å². The lowest BCUT2D eigenvalue weighted by Crippen LogP contribution is -2.74. The molecule has 0 unspecified atom stereocenters. The highest BCUT2D eigenvalue weighted by Crippen LogP contribution is 2.66. The van der Waals surface area contributed by atoms with Gasteiger partial charge in [0, 0.05) is 22.5 Å². The molecule has 0 fully saturated rings. The van der Waals surface area contributed by atoms with Gasteiger partial charge in [0.05, 0.1) is 0 Å². The summed E-state index contributed by atoms with van der Waals surface area (Å²) in [7, 11) is 0. The number of benzene rings is 2. The first-order valence-corrected chi connectivity index (χ1v) is 14.2. The molecule has 2 nitrogen and oxygen atoms in total. The molecule has 0 aliphatic carbocycles. The monoisotopic (exact) mass is 724 g/mol. The van der Waals surface area contributed by atoms with Crippen molar-refractivity contribution in [2.24, 2.45) is 0 Å². The number of hydrogen-bond acceptors (Lipinski definition) is 2. The summed E-state index contributed by atoms with van der Waals surface area (Å²) in [6.45, 7) is 7.45. The van der Waals surface area contributed by atoms with E-state index in [9.17, 15) is 52.7 Å². The molecule has 0 saturated heterocycles. The minimum Gasteiger partial charge on any atom is -0.398 e. The fraction of sp³-hybridized carbons (Fsp3) is 0.600. The van der Waals surface area contributed by atoms with Crippen LogP contribution >= 0.6 is 0 Å². The fourth-order valence-corrected chi connectivity index (χ4v) is 4.92. The second-order valence-corrected chi connectivity index (χ2v) is 11.9.